The third-order valence-corrected chi connectivity index (χ3v) is 3.68. The van der Waals surface area contributed by atoms with Crippen LogP contribution in [0.15, 0.2) is 18.2 Å². The van der Waals surface area contributed by atoms with E-state index in [2.05, 4.69) is 5.32 Å². The second-order valence-electron chi connectivity index (χ2n) is 4.83. The first-order valence-electron chi connectivity index (χ1n) is 6.58. The second kappa shape index (κ2) is 6.87. The highest BCUT2D eigenvalue weighted by molar-refractivity contribution is 6.31. The molecule has 1 atom stereocenters. The molecule has 0 spiro atoms. The quantitative estimate of drug-likeness (QED) is 0.864. The lowest BCUT2D eigenvalue weighted by atomic mass is 10.2. The van der Waals surface area contributed by atoms with Gasteiger partial charge in [-0.15, -0.1) is 0 Å². The molecule has 0 aliphatic carbocycles. The van der Waals surface area contributed by atoms with Gasteiger partial charge in [0.05, 0.1) is 18.7 Å². The number of anilines is 1. The van der Waals surface area contributed by atoms with Crippen molar-refractivity contribution in [1.29, 1.82) is 0 Å². The molecule has 1 heterocycles. The first-order chi connectivity index (χ1) is 10.0. The number of nitrogens with zero attached hydrogens (tertiary/aromatic N) is 1. The normalized spacial score (nSPS) is 18.5. The molecule has 1 fully saturated rings. The molecule has 0 saturated carbocycles. The third-order valence-electron chi connectivity index (χ3n) is 3.39. The number of rotatable bonds is 4. The Morgan fingerprint density at radius 1 is 1.52 bits per heavy atom. The zero-order valence-corrected chi connectivity index (χ0v) is 12.3. The molecule has 21 heavy (non-hydrogen) atoms. The fourth-order valence-electron chi connectivity index (χ4n) is 2.38. The van der Waals surface area contributed by atoms with Crippen LogP contribution in [-0.4, -0.2) is 43.0 Å². The largest absolute Gasteiger partial charge is 0.468 e. The van der Waals surface area contributed by atoms with Crippen LogP contribution in [0.2, 0.25) is 5.02 Å². The standard InChI is InChI=1S/C14H16ClFN2O3/c1-21-14(20)12-3-2-6-18(12)8-13(19)17-9-4-5-11(16)10(15)7-9/h4-5,7,12H,2-3,6,8H2,1H3,(H,17,19). The van der Waals surface area contributed by atoms with Crippen LogP contribution in [0, 0.1) is 5.82 Å². The number of ether oxygens (including phenoxy) is 1. The average Bonchev–Trinajstić information content (AvgIpc) is 2.90. The summed E-state index contributed by atoms with van der Waals surface area (Å²) < 4.78 is 17.8. The van der Waals surface area contributed by atoms with E-state index in [0.29, 0.717) is 18.7 Å². The number of nitrogens with one attached hydrogen (secondary N) is 1. The van der Waals surface area contributed by atoms with Crippen LogP contribution in [0.4, 0.5) is 10.1 Å². The molecule has 1 amide bonds. The Bertz CT molecular complexity index is 553. The fraction of sp³-hybridized carbons (Fsp3) is 0.429. The topological polar surface area (TPSA) is 58.6 Å². The maximum absolute atomic E-state index is 13.0. The highest BCUT2D eigenvalue weighted by Gasteiger charge is 2.32. The van der Waals surface area contributed by atoms with Gasteiger partial charge in [0.2, 0.25) is 5.91 Å². The van der Waals surface area contributed by atoms with E-state index in [-0.39, 0.29) is 29.5 Å². The molecular weight excluding hydrogens is 299 g/mol. The number of likely N-dealkylation sites (tertiary alicyclic amines) is 1. The minimum absolute atomic E-state index is 0.0543. The van der Waals surface area contributed by atoms with Crippen LogP contribution in [0.25, 0.3) is 0 Å². The second-order valence-corrected chi connectivity index (χ2v) is 5.24. The van der Waals surface area contributed by atoms with Crippen LogP contribution in [0.5, 0.6) is 0 Å². The summed E-state index contributed by atoms with van der Waals surface area (Å²) in [6.07, 6.45) is 1.53. The van der Waals surface area contributed by atoms with Gasteiger partial charge >= 0.3 is 5.97 Å². The molecular formula is C14H16ClFN2O3. The molecule has 1 aliphatic heterocycles. The Hall–Kier alpha value is -1.66. The van der Waals surface area contributed by atoms with Crippen molar-refractivity contribution in [2.24, 2.45) is 0 Å². The molecule has 1 aromatic rings. The highest BCUT2D eigenvalue weighted by atomic mass is 35.5. The molecule has 7 heteroatoms. The van der Waals surface area contributed by atoms with E-state index in [9.17, 15) is 14.0 Å². The van der Waals surface area contributed by atoms with Crippen LogP contribution >= 0.6 is 11.6 Å². The number of esters is 1. The molecule has 0 bridgehead atoms. The summed E-state index contributed by atoms with van der Waals surface area (Å²) in [5.41, 5.74) is 0.417. The average molecular weight is 315 g/mol. The van der Waals surface area contributed by atoms with Gasteiger partial charge in [-0.2, -0.15) is 0 Å². The summed E-state index contributed by atoms with van der Waals surface area (Å²) in [5, 5.41) is 2.58. The summed E-state index contributed by atoms with van der Waals surface area (Å²) >= 11 is 5.65. The molecule has 1 aliphatic rings. The van der Waals surface area contributed by atoms with Crippen LogP contribution in [0.1, 0.15) is 12.8 Å². The third kappa shape index (κ3) is 3.92. The molecule has 114 valence electrons. The van der Waals surface area contributed by atoms with Crippen molar-refractivity contribution in [2.45, 2.75) is 18.9 Å². The minimum atomic E-state index is -0.542. The molecule has 0 radical (unpaired) electrons. The van der Waals surface area contributed by atoms with Gasteiger partial charge in [-0.05, 0) is 37.6 Å². The van der Waals surface area contributed by atoms with Gasteiger partial charge in [0.15, 0.2) is 0 Å². The predicted molar refractivity (Wildman–Crippen MR) is 76.7 cm³/mol. The molecule has 5 nitrogen and oxygen atoms in total. The van der Waals surface area contributed by atoms with E-state index in [4.69, 9.17) is 16.3 Å². The fourth-order valence-corrected chi connectivity index (χ4v) is 2.56. The number of carbonyl (C=O) groups is 2. The molecule has 0 aromatic heterocycles. The first kappa shape index (κ1) is 15.7. The van der Waals surface area contributed by atoms with Crippen LogP contribution < -0.4 is 5.32 Å². The van der Waals surface area contributed by atoms with Crippen molar-refractivity contribution in [3.8, 4) is 0 Å². The molecule has 1 aromatic carbocycles. The van der Waals surface area contributed by atoms with Gasteiger partial charge in [-0.25, -0.2) is 4.39 Å². The lowest BCUT2D eigenvalue weighted by molar-refractivity contribution is -0.146. The summed E-state index contributed by atoms with van der Waals surface area (Å²) in [4.78, 5) is 25.3. The van der Waals surface area contributed by atoms with Crippen molar-refractivity contribution in [2.75, 3.05) is 25.5 Å². The van der Waals surface area contributed by atoms with Gasteiger partial charge in [0.1, 0.15) is 11.9 Å². The van der Waals surface area contributed by atoms with Crippen LogP contribution in [-0.2, 0) is 14.3 Å². The summed E-state index contributed by atoms with van der Waals surface area (Å²) in [5.74, 6) is -1.15. The van der Waals surface area contributed by atoms with Crippen molar-refractivity contribution < 1.29 is 18.7 Å². The molecule has 1 N–H and O–H groups in total. The minimum Gasteiger partial charge on any atom is -0.468 e. The Balaban J connectivity index is 1.95. The summed E-state index contributed by atoms with van der Waals surface area (Å²) in [6.45, 7) is 0.742. The number of hydrogen-bond donors (Lipinski definition) is 1. The number of amides is 1. The number of halogens is 2. The highest BCUT2D eigenvalue weighted by Crippen LogP contribution is 2.20. The maximum Gasteiger partial charge on any atom is 0.323 e. The van der Waals surface area contributed by atoms with Gasteiger partial charge in [-0.1, -0.05) is 11.6 Å². The summed E-state index contributed by atoms with van der Waals surface area (Å²) in [7, 11) is 1.33. The zero-order chi connectivity index (χ0) is 15.4. The Morgan fingerprint density at radius 3 is 2.95 bits per heavy atom. The number of hydrogen-bond acceptors (Lipinski definition) is 4. The molecule has 2 rings (SSSR count). The van der Waals surface area contributed by atoms with Crippen molar-refractivity contribution in [1.82, 2.24) is 4.90 Å². The van der Waals surface area contributed by atoms with E-state index in [1.54, 1.807) is 4.90 Å². The number of carbonyl (C=O) groups excluding carboxylic acids is 2. The molecule has 1 unspecified atom stereocenters. The molecule has 1 saturated heterocycles. The smallest absolute Gasteiger partial charge is 0.323 e. The lowest BCUT2D eigenvalue weighted by Gasteiger charge is -2.21. The van der Waals surface area contributed by atoms with Gasteiger partial charge < -0.3 is 10.1 Å². The summed E-state index contributed by atoms with van der Waals surface area (Å²) in [6, 6.07) is 3.58. The van der Waals surface area contributed by atoms with Crippen molar-refractivity contribution >= 4 is 29.2 Å². The maximum atomic E-state index is 13.0. The van der Waals surface area contributed by atoms with E-state index in [1.807, 2.05) is 0 Å². The van der Waals surface area contributed by atoms with E-state index >= 15 is 0 Å². The number of methoxy groups -OCH3 is 1. The van der Waals surface area contributed by atoms with Gasteiger partial charge in [-0.3, -0.25) is 14.5 Å². The van der Waals surface area contributed by atoms with Crippen LogP contribution in [0.3, 0.4) is 0 Å². The first-order valence-corrected chi connectivity index (χ1v) is 6.96. The Kier molecular flexibility index (Phi) is 5.14. The van der Waals surface area contributed by atoms with E-state index < -0.39 is 5.82 Å². The van der Waals surface area contributed by atoms with E-state index in [1.165, 1.54) is 25.3 Å². The Morgan fingerprint density at radius 2 is 2.29 bits per heavy atom. The van der Waals surface area contributed by atoms with Crippen molar-refractivity contribution in [3.63, 3.8) is 0 Å². The van der Waals surface area contributed by atoms with Gasteiger partial charge in [0.25, 0.3) is 0 Å². The lowest BCUT2D eigenvalue weighted by Crippen LogP contribution is -2.41. The Labute approximate surface area is 127 Å². The zero-order valence-electron chi connectivity index (χ0n) is 11.6. The van der Waals surface area contributed by atoms with Gasteiger partial charge in [0, 0.05) is 5.69 Å². The van der Waals surface area contributed by atoms with E-state index in [0.717, 1.165) is 6.42 Å². The van der Waals surface area contributed by atoms with Crippen molar-refractivity contribution in [3.05, 3.63) is 29.0 Å². The SMILES string of the molecule is COC(=O)C1CCCN1CC(=O)Nc1ccc(F)c(Cl)c1. The monoisotopic (exact) mass is 314 g/mol. The predicted octanol–water partition coefficient (Wildman–Crippen LogP) is 2.05. The number of benzene rings is 1.